The van der Waals surface area contributed by atoms with Crippen molar-refractivity contribution in [3.63, 3.8) is 0 Å². The number of aldehydes is 1. The molecule has 1 aromatic heterocycles. The van der Waals surface area contributed by atoms with E-state index in [1.54, 1.807) is 0 Å². The van der Waals surface area contributed by atoms with E-state index >= 15 is 0 Å². The summed E-state index contributed by atoms with van der Waals surface area (Å²) in [4.78, 5) is 11.0. The van der Waals surface area contributed by atoms with Crippen molar-refractivity contribution in [1.29, 1.82) is 0 Å². The summed E-state index contributed by atoms with van der Waals surface area (Å²) in [6, 6.07) is 4.04. The van der Waals surface area contributed by atoms with Crippen molar-refractivity contribution in [1.82, 2.24) is 4.57 Å². The Bertz CT molecular complexity index is 348. The summed E-state index contributed by atoms with van der Waals surface area (Å²) in [5.74, 6) is 0.783. The highest BCUT2D eigenvalue weighted by molar-refractivity contribution is 5.72. The molecule has 16 heavy (non-hydrogen) atoms. The molecule has 2 rings (SSSR count). The molecule has 0 atom stereocenters. The third-order valence-electron chi connectivity index (χ3n) is 3.75. The summed E-state index contributed by atoms with van der Waals surface area (Å²) in [5.41, 5.74) is 2.15. The predicted octanol–water partition coefficient (Wildman–Crippen LogP) is 3.44. The first-order valence-corrected chi connectivity index (χ1v) is 6.48. The Kier molecular flexibility index (Phi) is 3.81. The molecule has 0 spiro atoms. The maximum Gasteiger partial charge on any atom is 0.166 e. The van der Waals surface area contributed by atoms with Gasteiger partial charge in [-0.3, -0.25) is 4.79 Å². The lowest BCUT2D eigenvalue weighted by Gasteiger charge is -2.23. The first kappa shape index (κ1) is 11.4. The fraction of sp³-hybridized carbons (Fsp3) is 0.643. The lowest BCUT2D eigenvalue weighted by atomic mass is 9.89. The van der Waals surface area contributed by atoms with Gasteiger partial charge in [0.2, 0.25) is 0 Å². The first-order valence-electron chi connectivity index (χ1n) is 6.48. The predicted molar refractivity (Wildman–Crippen MR) is 65.8 cm³/mol. The van der Waals surface area contributed by atoms with E-state index in [1.807, 2.05) is 6.07 Å². The summed E-state index contributed by atoms with van der Waals surface area (Å²) < 4.78 is 2.23. The van der Waals surface area contributed by atoms with E-state index in [0.717, 1.165) is 30.9 Å². The van der Waals surface area contributed by atoms with Crippen LogP contribution in [-0.2, 0) is 13.0 Å². The van der Waals surface area contributed by atoms with Gasteiger partial charge in [-0.25, -0.2) is 0 Å². The Morgan fingerprint density at radius 2 is 2.06 bits per heavy atom. The first-order chi connectivity index (χ1) is 7.85. The summed E-state index contributed by atoms with van der Waals surface area (Å²) in [6.45, 7) is 3.20. The minimum absolute atomic E-state index is 0.783. The maximum absolute atomic E-state index is 11.0. The van der Waals surface area contributed by atoms with Gasteiger partial charge in [0.15, 0.2) is 6.29 Å². The van der Waals surface area contributed by atoms with E-state index in [1.165, 1.54) is 37.8 Å². The highest BCUT2D eigenvalue weighted by Crippen LogP contribution is 2.26. The second-order valence-electron chi connectivity index (χ2n) is 4.84. The third-order valence-corrected chi connectivity index (χ3v) is 3.75. The molecule has 0 N–H and O–H groups in total. The van der Waals surface area contributed by atoms with Gasteiger partial charge in [-0.2, -0.15) is 0 Å². The molecule has 1 aliphatic rings. The van der Waals surface area contributed by atoms with Gasteiger partial charge in [-0.1, -0.05) is 26.2 Å². The van der Waals surface area contributed by atoms with Gasteiger partial charge in [-0.15, -0.1) is 0 Å². The number of carbonyl (C=O) groups excluding carboxylic acids is 1. The highest BCUT2D eigenvalue weighted by atomic mass is 16.1. The van der Waals surface area contributed by atoms with Crippen molar-refractivity contribution < 1.29 is 4.79 Å². The normalized spacial score (nSPS) is 17.6. The topological polar surface area (TPSA) is 22.0 Å². The number of rotatable bonds is 4. The molecular weight excluding hydrogens is 198 g/mol. The lowest BCUT2D eigenvalue weighted by Crippen LogP contribution is -2.17. The molecule has 0 unspecified atom stereocenters. The quantitative estimate of drug-likeness (QED) is 0.711. The van der Waals surface area contributed by atoms with Crippen LogP contribution in [0.15, 0.2) is 12.1 Å². The van der Waals surface area contributed by atoms with Crippen LogP contribution in [0.1, 0.15) is 55.2 Å². The van der Waals surface area contributed by atoms with Crippen molar-refractivity contribution in [2.24, 2.45) is 5.92 Å². The Hall–Kier alpha value is -1.05. The molecule has 1 aliphatic carbocycles. The fourth-order valence-corrected chi connectivity index (χ4v) is 2.79. The number of aromatic nitrogens is 1. The zero-order valence-electron chi connectivity index (χ0n) is 10.1. The van der Waals surface area contributed by atoms with E-state index in [-0.39, 0.29) is 0 Å². The van der Waals surface area contributed by atoms with Crippen LogP contribution < -0.4 is 0 Å². The Labute approximate surface area is 97.7 Å². The summed E-state index contributed by atoms with van der Waals surface area (Å²) >= 11 is 0. The van der Waals surface area contributed by atoms with Gasteiger partial charge in [0, 0.05) is 12.2 Å². The van der Waals surface area contributed by atoms with Gasteiger partial charge in [0.1, 0.15) is 0 Å². The van der Waals surface area contributed by atoms with E-state index in [0.29, 0.717) is 0 Å². The summed E-state index contributed by atoms with van der Waals surface area (Å²) in [7, 11) is 0. The van der Waals surface area contributed by atoms with Crippen molar-refractivity contribution in [3.8, 4) is 0 Å². The molecule has 0 aliphatic heterocycles. The van der Waals surface area contributed by atoms with Crippen molar-refractivity contribution >= 4 is 6.29 Å². The number of nitrogens with zero attached hydrogens (tertiary/aromatic N) is 1. The van der Waals surface area contributed by atoms with Gasteiger partial charge < -0.3 is 4.57 Å². The van der Waals surface area contributed by atoms with Crippen LogP contribution in [0, 0.1) is 5.92 Å². The third kappa shape index (κ3) is 2.37. The Balaban J connectivity index is 2.11. The van der Waals surface area contributed by atoms with Crippen LogP contribution >= 0.6 is 0 Å². The van der Waals surface area contributed by atoms with Gasteiger partial charge in [0.25, 0.3) is 0 Å². The Morgan fingerprint density at radius 3 is 2.69 bits per heavy atom. The van der Waals surface area contributed by atoms with Gasteiger partial charge in [0.05, 0.1) is 5.69 Å². The van der Waals surface area contributed by atoms with Crippen molar-refractivity contribution in [2.75, 3.05) is 0 Å². The number of carbonyl (C=O) groups is 1. The smallest absolute Gasteiger partial charge is 0.166 e. The SMILES string of the molecule is CCc1ccc(C=O)n1CC1CCCCC1. The number of aryl methyl sites for hydroxylation is 1. The van der Waals surface area contributed by atoms with Gasteiger partial charge in [-0.05, 0) is 37.3 Å². The molecule has 2 nitrogen and oxygen atoms in total. The number of hydrogen-bond donors (Lipinski definition) is 0. The van der Waals surface area contributed by atoms with Crippen molar-refractivity contribution in [3.05, 3.63) is 23.5 Å². The minimum Gasteiger partial charge on any atom is -0.342 e. The molecule has 1 aromatic rings. The molecule has 88 valence electrons. The lowest BCUT2D eigenvalue weighted by molar-refractivity contribution is 0.111. The largest absolute Gasteiger partial charge is 0.342 e. The number of hydrogen-bond acceptors (Lipinski definition) is 1. The molecule has 1 saturated carbocycles. The molecule has 0 aromatic carbocycles. The monoisotopic (exact) mass is 219 g/mol. The van der Waals surface area contributed by atoms with Crippen LogP contribution in [0.4, 0.5) is 0 Å². The molecule has 0 saturated heterocycles. The van der Waals surface area contributed by atoms with Crippen LogP contribution in [0.3, 0.4) is 0 Å². The molecule has 0 bridgehead atoms. The molecule has 0 amide bonds. The average Bonchev–Trinajstić information content (AvgIpc) is 2.72. The highest BCUT2D eigenvalue weighted by Gasteiger charge is 2.16. The molecular formula is C14H21NO. The van der Waals surface area contributed by atoms with E-state index in [9.17, 15) is 4.79 Å². The summed E-state index contributed by atoms with van der Waals surface area (Å²) in [6.07, 6.45) is 8.79. The van der Waals surface area contributed by atoms with E-state index in [4.69, 9.17) is 0 Å². The maximum atomic E-state index is 11.0. The average molecular weight is 219 g/mol. The molecule has 1 fully saturated rings. The van der Waals surface area contributed by atoms with Crippen LogP contribution in [0.2, 0.25) is 0 Å². The Morgan fingerprint density at radius 1 is 1.31 bits per heavy atom. The molecule has 2 heteroatoms. The zero-order valence-corrected chi connectivity index (χ0v) is 10.1. The van der Waals surface area contributed by atoms with Crippen molar-refractivity contribution in [2.45, 2.75) is 52.0 Å². The van der Waals surface area contributed by atoms with Gasteiger partial charge >= 0.3 is 0 Å². The second kappa shape index (κ2) is 5.33. The zero-order chi connectivity index (χ0) is 11.4. The second-order valence-corrected chi connectivity index (χ2v) is 4.84. The van der Waals surface area contributed by atoms with Crippen LogP contribution in [-0.4, -0.2) is 10.9 Å². The van der Waals surface area contributed by atoms with E-state index < -0.39 is 0 Å². The van der Waals surface area contributed by atoms with E-state index in [2.05, 4.69) is 17.6 Å². The summed E-state index contributed by atoms with van der Waals surface area (Å²) in [5, 5.41) is 0. The molecule has 0 radical (unpaired) electrons. The standard InChI is InChI=1S/C14H21NO/c1-2-13-8-9-14(11-16)15(13)10-12-6-4-3-5-7-12/h8-9,11-12H,2-7,10H2,1H3. The van der Waals surface area contributed by atoms with Crippen LogP contribution in [0.5, 0.6) is 0 Å². The molecule has 1 heterocycles. The minimum atomic E-state index is 0.783. The van der Waals surface area contributed by atoms with Crippen LogP contribution in [0.25, 0.3) is 0 Å². The fourth-order valence-electron chi connectivity index (χ4n) is 2.79.